The maximum Gasteiger partial charge on any atom is 0.134 e. The van der Waals surface area contributed by atoms with Crippen LogP contribution in [0.5, 0.6) is 0 Å². The van der Waals surface area contributed by atoms with E-state index in [1.807, 2.05) is 32.0 Å². The van der Waals surface area contributed by atoms with Crippen LogP contribution < -0.4 is 0 Å². The monoisotopic (exact) mass is 518 g/mol. The molecule has 6 rings (SSSR count). The topological polar surface area (TPSA) is 104 Å². The number of fused-ring (bicyclic) bond motifs is 3. The third-order valence-corrected chi connectivity index (χ3v) is 7.62. The molecular weight excluding hydrogens is 487 g/mol. The molecule has 0 radical (unpaired) electrons. The van der Waals surface area contributed by atoms with Gasteiger partial charge in [-0.1, -0.05) is 10.4 Å². The first kappa shape index (κ1) is 24.7. The van der Waals surface area contributed by atoms with E-state index >= 15 is 4.39 Å². The molecule has 1 saturated heterocycles. The Balaban J connectivity index is 1.72. The van der Waals surface area contributed by atoms with Gasteiger partial charge in [-0.05, 0) is 64.7 Å². The van der Waals surface area contributed by atoms with Crippen molar-refractivity contribution in [3.63, 3.8) is 0 Å². The Morgan fingerprint density at radius 2 is 1.87 bits per heavy atom. The minimum absolute atomic E-state index is 0.200. The highest BCUT2D eigenvalue weighted by Gasteiger charge is 2.33. The number of benzene rings is 1. The van der Waals surface area contributed by atoms with Gasteiger partial charge in [-0.3, -0.25) is 4.98 Å². The van der Waals surface area contributed by atoms with Crippen LogP contribution in [0, 0.1) is 25.6 Å². The van der Waals surface area contributed by atoms with Crippen LogP contribution in [0.15, 0.2) is 35.0 Å². The molecule has 5 heterocycles. The molecule has 1 atom stereocenters. The Hall–Kier alpha value is -3.63. The van der Waals surface area contributed by atoms with Crippen molar-refractivity contribution in [3.8, 4) is 11.3 Å². The number of hydrogen-bond acceptors (Lipinski definition) is 7. The van der Waals surface area contributed by atoms with Gasteiger partial charge in [0.05, 0.1) is 39.6 Å². The Morgan fingerprint density at radius 3 is 2.50 bits per heavy atom. The number of aromatic nitrogens is 6. The van der Waals surface area contributed by atoms with E-state index in [9.17, 15) is 5.11 Å². The molecule has 0 unspecified atom stereocenters. The number of ether oxygens (including phenoxy) is 1. The number of aryl methyl sites for hydroxylation is 3. The first-order chi connectivity index (χ1) is 18.1. The summed E-state index contributed by atoms with van der Waals surface area (Å²) in [6, 6.07) is 7.11. The van der Waals surface area contributed by atoms with Crippen molar-refractivity contribution in [1.29, 1.82) is 0 Å². The normalized spacial score (nSPS) is 16.1. The van der Waals surface area contributed by atoms with Gasteiger partial charge in [0.15, 0.2) is 0 Å². The summed E-state index contributed by atoms with van der Waals surface area (Å²) in [4.78, 5) is 4.75. The highest BCUT2D eigenvalue weighted by atomic mass is 19.1. The minimum atomic E-state index is -1.10. The second-order valence-corrected chi connectivity index (χ2v) is 10.8. The smallest absolute Gasteiger partial charge is 0.134 e. The summed E-state index contributed by atoms with van der Waals surface area (Å²) < 4.78 is 30.8. The van der Waals surface area contributed by atoms with Gasteiger partial charge >= 0.3 is 0 Å². The first-order valence-electron chi connectivity index (χ1n) is 12.9. The molecule has 198 valence electrons. The van der Waals surface area contributed by atoms with Crippen molar-refractivity contribution >= 4 is 21.9 Å². The van der Waals surface area contributed by atoms with Gasteiger partial charge in [0, 0.05) is 49.0 Å². The number of pyridine rings is 1. The molecule has 0 aliphatic carbocycles. The molecule has 1 fully saturated rings. The van der Waals surface area contributed by atoms with Crippen LogP contribution in [0.4, 0.5) is 4.39 Å². The molecule has 10 heteroatoms. The molecule has 0 amide bonds. The summed E-state index contributed by atoms with van der Waals surface area (Å²) in [5, 5.41) is 24.2. The Labute approximate surface area is 219 Å². The third-order valence-electron chi connectivity index (χ3n) is 7.62. The predicted octanol–water partition coefficient (Wildman–Crippen LogP) is 4.97. The Kier molecular flexibility index (Phi) is 5.84. The molecule has 4 aromatic heterocycles. The number of aliphatic hydroxyl groups is 1. The van der Waals surface area contributed by atoms with Crippen LogP contribution in [-0.4, -0.2) is 48.0 Å². The summed E-state index contributed by atoms with van der Waals surface area (Å²) in [6.45, 7) is 8.47. The van der Waals surface area contributed by atoms with Gasteiger partial charge < -0.3 is 18.9 Å². The highest BCUT2D eigenvalue weighted by molar-refractivity contribution is 6.07. The van der Waals surface area contributed by atoms with Crippen LogP contribution in [0.3, 0.4) is 0 Å². The van der Waals surface area contributed by atoms with Crippen molar-refractivity contribution in [1.82, 2.24) is 29.7 Å². The van der Waals surface area contributed by atoms with E-state index < -0.39 is 5.60 Å². The van der Waals surface area contributed by atoms with Crippen LogP contribution in [0.1, 0.15) is 55.4 Å². The fourth-order valence-electron chi connectivity index (χ4n) is 5.71. The number of rotatable bonds is 5. The highest BCUT2D eigenvalue weighted by Crippen LogP contribution is 2.42. The van der Waals surface area contributed by atoms with Gasteiger partial charge in [0.25, 0.3) is 0 Å². The zero-order chi connectivity index (χ0) is 26.8. The molecule has 1 N–H and O–H groups in total. The molecule has 0 saturated carbocycles. The van der Waals surface area contributed by atoms with E-state index in [-0.39, 0.29) is 17.8 Å². The lowest BCUT2D eigenvalue weighted by Crippen LogP contribution is -2.27. The predicted molar refractivity (Wildman–Crippen MR) is 140 cm³/mol. The summed E-state index contributed by atoms with van der Waals surface area (Å²) in [7, 11) is 1.76. The van der Waals surface area contributed by atoms with Gasteiger partial charge in [-0.2, -0.15) is 0 Å². The third kappa shape index (κ3) is 3.99. The Morgan fingerprint density at radius 1 is 1.11 bits per heavy atom. The molecular formula is C28H31FN6O3. The molecule has 1 aromatic carbocycles. The second-order valence-electron chi connectivity index (χ2n) is 10.8. The molecule has 9 nitrogen and oxygen atoms in total. The van der Waals surface area contributed by atoms with Crippen molar-refractivity contribution in [2.45, 2.75) is 52.2 Å². The van der Waals surface area contributed by atoms with Crippen molar-refractivity contribution in [3.05, 3.63) is 59.0 Å². The molecule has 0 bridgehead atoms. The molecule has 1 aliphatic heterocycles. The summed E-state index contributed by atoms with van der Waals surface area (Å²) in [5.74, 6) is 0.543. The van der Waals surface area contributed by atoms with E-state index in [4.69, 9.17) is 14.2 Å². The van der Waals surface area contributed by atoms with Crippen LogP contribution in [0.2, 0.25) is 0 Å². The van der Waals surface area contributed by atoms with Crippen molar-refractivity contribution < 1.29 is 18.8 Å². The Bertz CT molecular complexity index is 1640. The average molecular weight is 519 g/mol. The van der Waals surface area contributed by atoms with Crippen molar-refractivity contribution in [2.75, 3.05) is 13.2 Å². The lowest BCUT2D eigenvalue weighted by molar-refractivity contribution is 0.0543. The summed E-state index contributed by atoms with van der Waals surface area (Å²) in [5.41, 5.74) is 4.31. The van der Waals surface area contributed by atoms with Crippen LogP contribution in [0.25, 0.3) is 33.2 Å². The minimum Gasteiger partial charge on any atom is -0.386 e. The average Bonchev–Trinajstić information content (AvgIpc) is 3.55. The lowest BCUT2D eigenvalue weighted by Gasteiger charge is -2.31. The standard InChI is InChI=1S/C28H31FN6O3/c1-15-10-22(32-38-15)27(17-6-8-37-9-7-17)35-23-13-19(26-16(2)31-33-34(26)5)21(29)12-20(23)25-24(35)11-18(14-30-25)28(3,4)36/h10-14,17,27,36H,6-9H2,1-5H3/t27-/m0/s1. The summed E-state index contributed by atoms with van der Waals surface area (Å²) in [6.07, 6.45) is 3.35. The molecule has 1 aliphatic rings. The van der Waals surface area contributed by atoms with E-state index in [0.29, 0.717) is 46.6 Å². The molecule has 38 heavy (non-hydrogen) atoms. The fourth-order valence-corrected chi connectivity index (χ4v) is 5.71. The SMILES string of the molecule is Cc1cc([C@H](C2CCOCC2)n2c3cc(-c4c(C)nnn4C)c(F)cc3c3ncc(C(C)(C)O)cc32)no1. The lowest BCUT2D eigenvalue weighted by atomic mass is 9.89. The largest absolute Gasteiger partial charge is 0.386 e. The maximum atomic E-state index is 15.7. The van der Waals surface area contributed by atoms with Crippen LogP contribution in [-0.2, 0) is 17.4 Å². The maximum absolute atomic E-state index is 15.7. The number of halogens is 1. The summed E-state index contributed by atoms with van der Waals surface area (Å²) >= 11 is 0. The zero-order valence-corrected chi connectivity index (χ0v) is 22.2. The van der Waals surface area contributed by atoms with Crippen LogP contribution >= 0.6 is 0 Å². The number of nitrogens with zero attached hydrogens (tertiary/aromatic N) is 6. The van der Waals surface area contributed by atoms with E-state index in [0.717, 1.165) is 35.3 Å². The van der Waals surface area contributed by atoms with E-state index in [1.165, 1.54) is 0 Å². The van der Waals surface area contributed by atoms with E-state index in [2.05, 4.69) is 20.0 Å². The molecule has 5 aromatic rings. The van der Waals surface area contributed by atoms with Gasteiger partial charge in [0.1, 0.15) is 17.3 Å². The van der Waals surface area contributed by atoms with Gasteiger partial charge in [-0.25, -0.2) is 9.07 Å². The quantitative estimate of drug-likeness (QED) is 0.350. The van der Waals surface area contributed by atoms with Crippen molar-refractivity contribution in [2.24, 2.45) is 13.0 Å². The fraction of sp³-hybridized carbons (Fsp3) is 0.429. The molecule has 0 spiro atoms. The van der Waals surface area contributed by atoms with Gasteiger partial charge in [-0.15, -0.1) is 5.10 Å². The van der Waals surface area contributed by atoms with E-state index in [1.54, 1.807) is 37.8 Å². The van der Waals surface area contributed by atoms with Gasteiger partial charge in [0.2, 0.25) is 0 Å². The first-order valence-corrected chi connectivity index (χ1v) is 12.9. The zero-order valence-electron chi connectivity index (χ0n) is 22.2. The second kappa shape index (κ2) is 8.99. The number of hydrogen-bond donors (Lipinski definition) is 1.